The van der Waals surface area contributed by atoms with Crippen molar-refractivity contribution in [3.63, 3.8) is 0 Å². The highest BCUT2D eigenvalue weighted by molar-refractivity contribution is 5.73. The summed E-state index contributed by atoms with van der Waals surface area (Å²) in [4.78, 5) is 0. The number of rotatable bonds is 6. The maximum atomic E-state index is 5.47. The van der Waals surface area contributed by atoms with Crippen molar-refractivity contribution >= 4 is 11.6 Å². The summed E-state index contributed by atoms with van der Waals surface area (Å²) in [6, 6.07) is 14.2. The summed E-state index contributed by atoms with van der Waals surface area (Å²) < 4.78 is 10.7. The van der Waals surface area contributed by atoms with Crippen LogP contribution in [0.1, 0.15) is 23.6 Å². The van der Waals surface area contributed by atoms with Crippen LogP contribution in [0.15, 0.2) is 55.1 Å². The Labute approximate surface area is 132 Å². The zero-order chi connectivity index (χ0) is 15.9. The van der Waals surface area contributed by atoms with Crippen LogP contribution in [-0.2, 0) is 6.42 Å². The van der Waals surface area contributed by atoms with E-state index in [4.69, 9.17) is 9.47 Å². The van der Waals surface area contributed by atoms with Gasteiger partial charge in [0, 0.05) is 5.56 Å². The molecule has 0 heterocycles. The number of hydrogen-bond acceptors (Lipinski definition) is 2. The molecule has 0 unspecified atom stereocenters. The molecule has 0 aliphatic rings. The number of hydrogen-bond donors (Lipinski definition) is 0. The minimum atomic E-state index is 0.777. The molecule has 0 fully saturated rings. The van der Waals surface area contributed by atoms with E-state index in [1.54, 1.807) is 14.2 Å². The van der Waals surface area contributed by atoms with Crippen molar-refractivity contribution in [2.24, 2.45) is 0 Å². The third-order valence-electron chi connectivity index (χ3n) is 3.54. The molecule has 0 aromatic heterocycles. The van der Waals surface area contributed by atoms with E-state index in [-0.39, 0.29) is 0 Å². The van der Waals surface area contributed by atoms with Gasteiger partial charge in [-0.15, -0.1) is 0 Å². The maximum absolute atomic E-state index is 5.47. The van der Waals surface area contributed by atoms with E-state index in [0.717, 1.165) is 34.6 Å². The van der Waals surface area contributed by atoms with Gasteiger partial charge in [-0.3, -0.25) is 0 Å². The molecule has 0 N–H and O–H groups in total. The van der Waals surface area contributed by atoms with Crippen LogP contribution >= 0.6 is 0 Å². The fourth-order valence-corrected chi connectivity index (χ4v) is 2.38. The second-order valence-electron chi connectivity index (χ2n) is 5.09. The molecule has 114 valence electrons. The highest BCUT2D eigenvalue weighted by atomic mass is 16.5. The average Bonchev–Trinajstić information content (AvgIpc) is 2.55. The molecule has 2 aromatic carbocycles. The second-order valence-corrected chi connectivity index (χ2v) is 5.09. The van der Waals surface area contributed by atoms with Gasteiger partial charge < -0.3 is 9.47 Å². The van der Waals surface area contributed by atoms with Gasteiger partial charge >= 0.3 is 0 Å². The van der Waals surface area contributed by atoms with Crippen LogP contribution in [0.2, 0.25) is 0 Å². The maximum Gasteiger partial charge on any atom is 0.126 e. The fourth-order valence-electron chi connectivity index (χ4n) is 2.38. The molecule has 0 saturated heterocycles. The van der Waals surface area contributed by atoms with Gasteiger partial charge in [0.25, 0.3) is 0 Å². The largest absolute Gasteiger partial charge is 0.497 e. The molecule has 0 radical (unpaired) electrons. The van der Waals surface area contributed by atoms with E-state index < -0.39 is 0 Å². The van der Waals surface area contributed by atoms with Gasteiger partial charge in [-0.05, 0) is 54.3 Å². The predicted molar refractivity (Wildman–Crippen MR) is 93.4 cm³/mol. The first-order valence-corrected chi connectivity index (χ1v) is 7.29. The minimum absolute atomic E-state index is 0.777. The first-order chi connectivity index (χ1) is 10.7. The van der Waals surface area contributed by atoms with Gasteiger partial charge in [0.05, 0.1) is 14.2 Å². The predicted octanol–water partition coefficient (Wildman–Crippen LogP) is 4.99. The zero-order valence-corrected chi connectivity index (χ0v) is 13.4. The normalized spacial score (nSPS) is 10.7. The lowest BCUT2D eigenvalue weighted by molar-refractivity contribution is 0.413. The van der Waals surface area contributed by atoms with Gasteiger partial charge in [-0.25, -0.2) is 0 Å². The molecule has 0 saturated carbocycles. The van der Waals surface area contributed by atoms with Crippen molar-refractivity contribution in [3.8, 4) is 11.5 Å². The van der Waals surface area contributed by atoms with E-state index in [2.05, 4.69) is 30.9 Å². The van der Waals surface area contributed by atoms with Gasteiger partial charge in [-0.2, -0.15) is 0 Å². The second kappa shape index (κ2) is 7.51. The molecule has 0 aliphatic carbocycles. The number of allylic oxidation sites excluding steroid dienone is 2. The van der Waals surface area contributed by atoms with Gasteiger partial charge in [0.2, 0.25) is 0 Å². The Morgan fingerprint density at radius 2 is 1.77 bits per heavy atom. The summed E-state index contributed by atoms with van der Waals surface area (Å²) >= 11 is 0. The van der Waals surface area contributed by atoms with Crippen molar-refractivity contribution in [1.82, 2.24) is 0 Å². The van der Waals surface area contributed by atoms with Gasteiger partial charge in [-0.1, -0.05) is 36.9 Å². The molecule has 22 heavy (non-hydrogen) atoms. The Bertz CT molecular complexity index is 667. The molecule has 2 nitrogen and oxygen atoms in total. The Hall–Kier alpha value is -2.48. The van der Waals surface area contributed by atoms with Crippen LogP contribution < -0.4 is 9.47 Å². The molecular formula is C20H22O2. The van der Waals surface area contributed by atoms with Crippen LogP contribution in [0.3, 0.4) is 0 Å². The lowest BCUT2D eigenvalue weighted by Crippen LogP contribution is -1.95. The van der Waals surface area contributed by atoms with E-state index in [1.807, 2.05) is 37.3 Å². The molecule has 0 atom stereocenters. The minimum Gasteiger partial charge on any atom is -0.497 e. The number of benzene rings is 2. The number of methoxy groups -OCH3 is 2. The number of ether oxygens (including phenoxy) is 2. The smallest absolute Gasteiger partial charge is 0.126 e. The summed E-state index contributed by atoms with van der Waals surface area (Å²) in [6.07, 6.45) is 4.88. The fraction of sp³-hybridized carbons (Fsp3) is 0.200. The highest BCUT2D eigenvalue weighted by Crippen LogP contribution is 2.29. The van der Waals surface area contributed by atoms with Crippen LogP contribution in [0, 0.1) is 0 Å². The summed E-state index contributed by atoms with van der Waals surface area (Å²) in [6.45, 7) is 6.25. The van der Waals surface area contributed by atoms with E-state index in [0.29, 0.717) is 0 Å². The van der Waals surface area contributed by atoms with Crippen molar-refractivity contribution < 1.29 is 9.47 Å². The first kappa shape index (κ1) is 15.9. The highest BCUT2D eigenvalue weighted by Gasteiger charge is 2.08. The average molecular weight is 294 g/mol. The standard InChI is InChI=1S/C20H22O2/c1-5-6-16-9-12-20(22-4)19(14-16)15(2)13-17-7-10-18(21-3)11-8-17/h5-12,14H,2,13H2,1,3-4H3. The molecule has 2 aromatic rings. The molecule has 0 amide bonds. The summed E-state index contributed by atoms with van der Waals surface area (Å²) in [5.74, 6) is 1.72. The van der Waals surface area contributed by atoms with Crippen LogP contribution in [-0.4, -0.2) is 14.2 Å². The van der Waals surface area contributed by atoms with E-state index in [9.17, 15) is 0 Å². The Morgan fingerprint density at radius 1 is 1.05 bits per heavy atom. The molecule has 0 aliphatic heterocycles. The zero-order valence-electron chi connectivity index (χ0n) is 13.4. The third-order valence-corrected chi connectivity index (χ3v) is 3.54. The monoisotopic (exact) mass is 294 g/mol. The van der Waals surface area contributed by atoms with Gasteiger partial charge in [0.15, 0.2) is 0 Å². The lowest BCUT2D eigenvalue weighted by Gasteiger charge is -2.13. The van der Waals surface area contributed by atoms with Crippen molar-refractivity contribution in [3.05, 3.63) is 71.8 Å². The first-order valence-electron chi connectivity index (χ1n) is 7.29. The SMILES string of the molecule is C=C(Cc1ccc(OC)cc1)c1cc(C=CC)ccc1OC. The van der Waals surface area contributed by atoms with Crippen LogP contribution in [0.25, 0.3) is 11.6 Å². The summed E-state index contributed by atoms with van der Waals surface area (Å²) in [5, 5.41) is 0. The topological polar surface area (TPSA) is 18.5 Å². The van der Waals surface area contributed by atoms with Crippen molar-refractivity contribution in [2.75, 3.05) is 14.2 Å². The quantitative estimate of drug-likeness (QED) is 0.747. The molecule has 0 spiro atoms. The van der Waals surface area contributed by atoms with Crippen LogP contribution in [0.5, 0.6) is 11.5 Å². The summed E-state index contributed by atoms with van der Waals surface area (Å²) in [7, 11) is 3.36. The van der Waals surface area contributed by atoms with Crippen molar-refractivity contribution in [2.45, 2.75) is 13.3 Å². The molecule has 0 bridgehead atoms. The Morgan fingerprint density at radius 3 is 2.36 bits per heavy atom. The Kier molecular flexibility index (Phi) is 5.42. The third kappa shape index (κ3) is 3.79. The van der Waals surface area contributed by atoms with E-state index >= 15 is 0 Å². The van der Waals surface area contributed by atoms with Gasteiger partial charge in [0.1, 0.15) is 11.5 Å². The molecular weight excluding hydrogens is 272 g/mol. The lowest BCUT2D eigenvalue weighted by atomic mass is 9.97. The summed E-state index contributed by atoms with van der Waals surface area (Å²) in [5.41, 5.74) is 4.43. The molecule has 2 heteroatoms. The molecule has 2 rings (SSSR count). The van der Waals surface area contributed by atoms with E-state index in [1.165, 1.54) is 5.56 Å². The van der Waals surface area contributed by atoms with Crippen LogP contribution in [0.4, 0.5) is 0 Å². The Balaban J connectivity index is 2.25. The van der Waals surface area contributed by atoms with Crippen molar-refractivity contribution in [1.29, 1.82) is 0 Å².